The largest absolute Gasteiger partial charge is 0.481 e. The average Bonchev–Trinajstić information content (AvgIpc) is 2.74. The first kappa shape index (κ1) is 31.6. The molecule has 3 amide bonds. The number of carbonyl (C=O) groups excluding carboxylic acids is 3. The lowest BCUT2D eigenvalue weighted by molar-refractivity contribution is -0.142. The number of hydrogen-bond donors (Lipinski definition) is 7. The van der Waals surface area contributed by atoms with Crippen molar-refractivity contribution in [2.75, 3.05) is 18.6 Å². The average molecular weight is 506 g/mol. The number of unbranched alkanes of at least 4 members (excludes halogenated alkanes) is 1. The molecule has 34 heavy (non-hydrogen) atoms. The lowest BCUT2D eigenvalue weighted by Gasteiger charge is -2.26. The highest BCUT2D eigenvalue weighted by atomic mass is 32.2. The van der Waals surface area contributed by atoms with E-state index in [4.69, 9.17) is 16.6 Å². The Bertz CT molecular complexity index is 692. The standard InChI is InChI=1S/C21H39N5O7S/c1-12(2)10-16(20(31)25-15(21(32)33)7-9-34-3)26-19(30)14(6-4-5-8-22)24-18(29)13(23)11-17(27)28/h12-16H,4-11,22-23H2,1-3H3,(H,24,29)(H,25,31)(H,26,30)(H,27,28)(H,32,33)/t13-,14-,15-,16-/m0/s1. The van der Waals surface area contributed by atoms with Crippen molar-refractivity contribution in [1.29, 1.82) is 0 Å². The smallest absolute Gasteiger partial charge is 0.326 e. The van der Waals surface area contributed by atoms with Gasteiger partial charge in [-0.25, -0.2) is 4.79 Å². The van der Waals surface area contributed by atoms with Crippen LogP contribution in [0, 0.1) is 5.92 Å². The van der Waals surface area contributed by atoms with E-state index >= 15 is 0 Å². The Labute approximate surface area is 204 Å². The summed E-state index contributed by atoms with van der Waals surface area (Å²) in [5.41, 5.74) is 11.1. The maximum Gasteiger partial charge on any atom is 0.326 e. The number of hydrogen-bond acceptors (Lipinski definition) is 8. The van der Waals surface area contributed by atoms with Crippen LogP contribution in [0.3, 0.4) is 0 Å². The number of nitrogens with two attached hydrogens (primary N) is 2. The summed E-state index contributed by atoms with van der Waals surface area (Å²) in [6.45, 7) is 4.08. The number of thioether (sulfide) groups is 1. The highest BCUT2D eigenvalue weighted by molar-refractivity contribution is 7.98. The molecule has 0 saturated carbocycles. The molecule has 0 saturated heterocycles. The number of carbonyl (C=O) groups is 5. The molecule has 0 aliphatic heterocycles. The first-order valence-corrected chi connectivity index (χ1v) is 12.6. The molecule has 4 atom stereocenters. The molecule has 0 aliphatic carbocycles. The number of nitrogens with one attached hydrogen (secondary N) is 3. The lowest BCUT2D eigenvalue weighted by Crippen LogP contribution is -2.57. The first-order chi connectivity index (χ1) is 15.9. The minimum atomic E-state index is -1.34. The highest BCUT2D eigenvalue weighted by Crippen LogP contribution is 2.09. The Morgan fingerprint density at radius 2 is 1.41 bits per heavy atom. The molecule has 0 aromatic carbocycles. The van der Waals surface area contributed by atoms with Crippen molar-refractivity contribution in [2.24, 2.45) is 17.4 Å². The summed E-state index contributed by atoms with van der Waals surface area (Å²) >= 11 is 1.45. The van der Waals surface area contributed by atoms with Crippen molar-refractivity contribution in [1.82, 2.24) is 16.0 Å². The van der Waals surface area contributed by atoms with Gasteiger partial charge in [0, 0.05) is 0 Å². The van der Waals surface area contributed by atoms with Crippen LogP contribution in [0.15, 0.2) is 0 Å². The second-order valence-electron chi connectivity index (χ2n) is 8.42. The summed E-state index contributed by atoms with van der Waals surface area (Å²) in [5, 5.41) is 25.8. The van der Waals surface area contributed by atoms with Gasteiger partial charge in [0.05, 0.1) is 12.5 Å². The molecule has 0 rings (SSSR count). The Morgan fingerprint density at radius 1 is 0.853 bits per heavy atom. The van der Waals surface area contributed by atoms with Gasteiger partial charge in [-0.05, 0) is 56.6 Å². The zero-order valence-electron chi connectivity index (χ0n) is 20.0. The molecular weight excluding hydrogens is 466 g/mol. The third kappa shape index (κ3) is 13.4. The maximum atomic E-state index is 13.0. The molecule has 0 fully saturated rings. The van der Waals surface area contributed by atoms with Gasteiger partial charge in [-0.1, -0.05) is 13.8 Å². The van der Waals surface area contributed by atoms with Crippen molar-refractivity contribution in [3.8, 4) is 0 Å². The zero-order valence-corrected chi connectivity index (χ0v) is 20.9. The van der Waals surface area contributed by atoms with Crippen LogP contribution < -0.4 is 27.4 Å². The van der Waals surface area contributed by atoms with Crippen LogP contribution in [0.4, 0.5) is 0 Å². The fourth-order valence-electron chi connectivity index (χ4n) is 3.06. The summed E-state index contributed by atoms with van der Waals surface area (Å²) in [6, 6.07) is -4.52. The van der Waals surface area contributed by atoms with E-state index in [1.807, 2.05) is 20.1 Å². The highest BCUT2D eigenvalue weighted by Gasteiger charge is 2.30. The first-order valence-electron chi connectivity index (χ1n) is 11.2. The molecule has 12 nitrogen and oxygen atoms in total. The van der Waals surface area contributed by atoms with Gasteiger partial charge in [0.15, 0.2) is 0 Å². The summed E-state index contributed by atoms with van der Waals surface area (Å²) in [7, 11) is 0. The molecule has 0 unspecified atom stereocenters. The van der Waals surface area contributed by atoms with Gasteiger partial charge in [-0.15, -0.1) is 0 Å². The summed E-state index contributed by atoms with van der Waals surface area (Å²) in [4.78, 5) is 60.5. The molecule has 0 aromatic rings. The second kappa shape index (κ2) is 17.1. The van der Waals surface area contributed by atoms with E-state index in [1.165, 1.54) is 11.8 Å². The Hall–Kier alpha value is -2.38. The van der Waals surface area contributed by atoms with Crippen LogP contribution in [0.25, 0.3) is 0 Å². The van der Waals surface area contributed by atoms with Gasteiger partial charge in [0.1, 0.15) is 18.1 Å². The number of carboxylic acid groups (broad SMARTS) is 2. The summed E-state index contributed by atoms with van der Waals surface area (Å²) < 4.78 is 0. The molecule has 9 N–H and O–H groups in total. The van der Waals surface area contributed by atoms with Crippen molar-refractivity contribution in [3.63, 3.8) is 0 Å². The topological polar surface area (TPSA) is 214 Å². The van der Waals surface area contributed by atoms with Gasteiger partial charge in [-0.3, -0.25) is 19.2 Å². The van der Waals surface area contributed by atoms with Crippen LogP contribution >= 0.6 is 11.8 Å². The van der Waals surface area contributed by atoms with Crippen LogP contribution in [-0.2, 0) is 24.0 Å². The monoisotopic (exact) mass is 505 g/mol. The molecule has 0 spiro atoms. The molecule has 196 valence electrons. The molecule has 13 heteroatoms. The molecule has 0 heterocycles. The fourth-order valence-corrected chi connectivity index (χ4v) is 3.53. The van der Waals surface area contributed by atoms with Gasteiger partial charge < -0.3 is 37.6 Å². The number of rotatable bonds is 18. The minimum absolute atomic E-state index is 0.000189. The molecule has 0 aromatic heterocycles. The van der Waals surface area contributed by atoms with Gasteiger partial charge >= 0.3 is 11.9 Å². The van der Waals surface area contributed by atoms with Crippen LogP contribution in [0.1, 0.15) is 52.4 Å². The quantitative estimate of drug-likeness (QED) is 0.116. The number of amides is 3. The van der Waals surface area contributed by atoms with Gasteiger partial charge in [0.25, 0.3) is 0 Å². The van der Waals surface area contributed by atoms with Crippen molar-refractivity contribution >= 4 is 41.4 Å². The normalized spacial score (nSPS) is 14.5. The van der Waals surface area contributed by atoms with E-state index in [-0.39, 0.29) is 25.2 Å². The van der Waals surface area contributed by atoms with E-state index in [9.17, 15) is 29.1 Å². The van der Waals surface area contributed by atoms with Crippen LogP contribution in [-0.4, -0.2) is 82.6 Å². The van der Waals surface area contributed by atoms with E-state index < -0.39 is 60.2 Å². The van der Waals surface area contributed by atoms with Gasteiger partial charge in [0.2, 0.25) is 17.7 Å². The third-order valence-electron chi connectivity index (χ3n) is 4.88. The Morgan fingerprint density at radius 3 is 1.91 bits per heavy atom. The van der Waals surface area contributed by atoms with Crippen LogP contribution in [0.5, 0.6) is 0 Å². The third-order valence-corrected chi connectivity index (χ3v) is 5.52. The van der Waals surface area contributed by atoms with E-state index in [1.54, 1.807) is 0 Å². The van der Waals surface area contributed by atoms with E-state index in [0.29, 0.717) is 25.1 Å². The maximum absolute atomic E-state index is 13.0. The molecule has 0 radical (unpaired) electrons. The van der Waals surface area contributed by atoms with Crippen LogP contribution in [0.2, 0.25) is 0 Å². The predicted molar refractivity (Wildman–Crippen MR) is 129 cm³/mol. The minimum Gasteiger partial charge on any atom is -0.481 e. The van der Waals surface area contributed by atoms with Gasteiger partial charge in [-0.2, -0.15) is 11.8 Å². The lowest BCUT2D eigenvalue weighted by atomic mass is 10.0. The molecule has 0 bridgehead atoms. The van der Waals surface area contributed by atoms with E-state index in [2.05, 4.69) is 16.0 Å². The predicted octanol–water partition coefficient (Wildman–Crippen LogP) is -0.744. The number of carboxylic acids is 2. The molecule has 0 aliphatic rings. The molecular formula is C21H39N5O7S. The summed E-state index contributed by atoms with van der Waals surface area (Å²) in [5.74, 6) is -3.98. The second-order valence-corrected chi connectivity index (χ2v) is 9.41. The Balaban J connectivity index is 5.48. The van der Waals surface area contributed by atoms with E-state index in [0.717, 1.165) is 0 Å². The number of aliphatic carboxylic acids is 2. The fraction of sp³-hybridized carbons (Fsp3) is 0.762. The zero-order chi connectivity index (χ0) is 26.3. The summed E-state index contributed by atoms with van der Waals surface area (Å²) in [6.07, 6.45) is 2.98. The van der Waals surface area contributed by atoms with Crippen molar-refractivity contribution in [3.05, 3.63) is 0 Å². The van der Waals surface area contributed by atoms with Crippen molar-refractivity contribution in [2.45, 2.75) is 76.5 Å². The Kier molecular flexibility index (Phi) is 15.9. The van der Waals surface area contributed by atoms with Crippen molar-refractivity contribution < 1.29 is 34.2 Å². The SMILES string of the molecule is CSCC[C@H](NC(=O)[C@H](CC(C)C)NC(=O)[C@H](CCCCN)NC(=O)[C@@H](N)CC(=O)O)C(=O)O.